The second kappa shape index (κ2) is 16.4. The Morgan fingerprint density at radius 1 is 0.953 bits per heavy atom. The zero-order chi connectivity index (χ0) is 31.6. The van der Waals surface area contributed by atoms with E-state index in [1.165, 1.54) is 51.4 Å². The third-order valence-corrected chi connectivity index (χ3v) is 9.55. The van der Waals surface area contributed by atoms with Gasteiger partial charge in [-0.25, -0.2) is 0 Å². The van der Waals surface area contributed by atoms with Crippen molar-refractivity contribution in [3.05, 3.63) is 46.5 Å². The van der Waals surface area contributed by atoms with Gasteiger partial charge in [0.25, 0.3) is 0 Å². The van der Waals surface area contributed by atoms with Gasteiger partial charge in [0.15, 0.2) is 0 Å². The predicted octanol–water partition coefficient (Wildman–Crippen LogP) is 10.5. The molecule has 0 aromatic heterocycles. The molecule has 43 heavy (non-hydrogen) atoms. The Morgan fingerprint density at radius 2 is 1.56 bits per heavy atom. The number of rotatable bonds is 17. The van der Waals surface area contributed by atoms with Gasteiger partial charge in [0.1, 0.15) is 29.5 Å². The molecule has 0 unspecified atom stereocenters. The molecule has 2 aromatic carbocycles. The Hall–Kier alpha value is -2.69. The van der Waals surface area contributed by atoms with Crippen LogP contribution in [0.1, 0.15) is 134 Å². The highest BCUT2D eigenvalue weighted by Gasteiger charge is 2.35. The number of phenolic OH excluding ortho intramolecular Hbond substituents is 1. The fraction of sp³-hybridized carbons (Fsp3) is 0.658. The second-order valence-corrected chi connectivity index (χ2v) is 14.0. The number of hydrogen-bond acceptors (Lipinski definition) is 4. The van der Waals surface area contributed by atoms with Crippen molar-refractivity contribution in [2.45, 2.75) is 145 Å². The van der Waals surface area contributed by atoms with Crippen LogP contribution in [-0.2, 0) is 17.8 Å². The highest BCUT2D eigenvalue weighted by atomic mass is 16.5. The van der Waals surface area contributed by atoms with Crippen LogP contribution in [0.5, 0.6) is 17.2 Å². The van der Waals surface area contributed by atoms with Gasteiger partial charge in [0.05, 0.1) is 0 Å². The molecular weight excluding hydrogens is 534 g/mol. The van der Waals surface area contributed by atoms with E-state index >= 15 is 0 Å². The molecular formula is C38H59NO4. The van der Waals surface area contributed by atoms with Crippen molar-refractivity contribution < 1.29 is 19.4 Å². The first kappa shape index (κ1) is 34.8. The van der Waals surface area contributed by atoms with Crippen molar-refractivity contribution in [3.8, 4) is 17.2 Å². The Kier molecular flexibility index (Phi) is 13.3. The van der Waals surface area contributed by atoms with Crippen LogP contribution in [0.25, 0.3) is 0 Å². The standard InChI is InChI=1S/C38H59NO4/c1-9-35(40)39-31-18-20-32(21-19-31)42-25-34-33-22-24-38(8,43-37(33)30(7)29(6)36(34)41)23-12-17-28(5)16-11-15-27(4)14-10-13-26(2)3/h18-21,26-28,41H,9-17,22-25H2,1-8H3,(H,39,40)/t27-,28-,38-/m1/s1. The molecule has 3 rings (SSSR count). The first-order chi connectivity index (χ1) is 20.4. The lowest BCUT2D eigenvalue weighted by Crippen LogP contribution is -2.37. The van der Waals surface area contributed by atoms with E-state index in [4.69, 9.17) is 9.47 Å². The van der Waals surface area contributed by atoms with Crippen molar-refractivity contribution in [3.63, 3.8) is 0 Å². The molecule has 5 nitrogen and oxygen atoms in total. The maximum absolute atomic E-state index is 11.7. The predicted molar refractivity (Wildman–Crippen MR) is 179 cm³/mol. The zero-order valence-electron chi connectivity index (χ0n) is 28.4. The molecule has 0 spiro atoms. The van der Waals surface area contributed by atoms with Gasteiger partial charge < -0.3 is 19.9 Å². The van der Waals surface area contributed by atoms with Gasteiger partial charge in [-0.1, -0.05) is 79.6 Å². The van der Waals surface area contributed by atoms with E-state index in [2.05, 4.69) is 46.9 Å². The van der Waals surface area contributed by atoms with Crippen molar-refractivity contribution in [2.24, 2.45) is 17.8 Å². The third-order valence-electron chi connectivity index (χ3n) is 9.55. The van der Waals surface area contributed by atoms with Gasteiger partial charge in [-0.15, -0.1) is 0 Å². The topological polar surface area (TPSA) is 67.8 Å². The summed E-state index contributed by atoms with van der Waals surface area (Å²) in [6.07, 6.45) is 13.9. The van der Waals surface area contributed by atoms with Crippen molar-refractivity contribution >= 4 is 11.6 Å². The third kappa shape index (κ3) is 10.5. The molecule has 0 aliphatic carbocycles. The lowest BCUT2D eigenvalue weighted by Gasteiger charge is -2.38. The Labute approximate surface area is 262 Å². The van der Waals surface area contributed by atoms with Gasteiger partial charge in [0, 0.05) is 23.2 Å². The number of ether oxygens (including phenoxy) is 2. The Bertz CT molecular complexity index is 1170. The molecule has 3 atom stereocenters. The number of aromatic hydroxyl groups is 1. The van der Waals surface area contributed by atoms with Crippen LogP contribution in [0.2, 0.25) is 0 Å². The average Bonchev–Trinajstić information content (AvgIpc) is 2.96. The van der Waals surface area contributed by atoms with Gasteiger partial charge in [-0.2, -0.15) is 0 Å². The van der Waals surface area contributed by atoms with E-state index in [0.29, 0.717) is 17.9 Å². The van der Waals surface area contributed by atoms with E-state index in [1.807, 2.05) is 38.1 Å². The van der Waals surface area contributed by atoms with Gasteiger partial charge in [0.2, 0.25) is 5.91 Å². The number of amides is 1. The summed E-state index contributed by atoms with van der Waals surface area (Å²) >= 11 is 0. The lowest BCUT2D eigenvalue weighted by atomic mass is 9.83. The zero-order valence-corrected chi connectivity index (χ0v) is 28.4. The molecule has 0 fully saturated rings. The van der Waals surface area contributed by atoms with Crippen LogP contribution in [0.3, 0.4) is 0 Å². The number of carbonyl (C=O) groups is 1. The summed E-state index contributed by atoms with van der Waals surface area (Å²) in [6, 6.07) is 7.37. The van der Waals surface area contributed by atoms with Gasteiger partial charge in [-0.05, 0) is 99.6 Å². The molecule has 1 heterocycles. The van der Waals surface area contributed by atoms with Crippen LogP contribution < -0.4 is 14.8 Å². The Morgan fingerprint density at radius 3 is 2.16 bits per heavy atom. The molecule has 240 valence electrons. The fourth-order valence-electron chi connectivity index (χ4n) is 6.34. The van der Waals surface area contributed by atoms with Gasteiger partial charge in [-0.3, -0.25) is 4.79 Å². The van der Waals surface area contributed by atoms with Crippen molar-refractivity contribution in [1.29, 1.82) is 0 Å². The summed E-state index contributed by atoms with van der Waals surface area (Å²) in [5.74, 6) is 4.33. The van der Waals surface area contributed by atoms with Crippen LogP contribution >= 0.6 is 0 Å². The number of nitrogens with one attached hydrogen (secondary N) is 1. The highest BCUT2D eigenvalue weighted by Crippen LogP contribution is 2.45. The minimum absolute atomic E-state index is 0.0187. The first-order valence-electron chi connectivity index (χ1n) is 17.0. The maximum Gasteiger partial charge on any atom is 0.224 e. The number of fused-ring (bicyclic) bond motifs is 1. The van der Waals surface area contributed by atoms with Crippen LogP contribution in [0, 0.1) is 31.6 Å². The minimum atomic E-state index is -0.192. The highest BCUT2D eigenvalue weighted by molar-refractivity contribution is 5.90. The van der Waals surface area contributed by atoms with Crippen LogP contribution in [0.15, 0.2) is 24.3 Å². The number of phenols is 1. The van der Waals surface area contributed by atoms with E-state index in [1.54, 1.807) is 0 Å². The summed E-state index contributed by atoms with van der Waals surface area (Å²) in [4.78, 5) is 11.7. The molecule has 2 aromatic rings. The number of benzene rings is 2. The molecule has 0 bridgehead atoms. The normalized spacial score (nSPS) is 17.7. The second-order valence-electron chi connectivity index (χ2n) is 14.0. The minimum Gasteiger partial charge on any atom is -0.507 e. The fourth-order valence-corrected chi connectivity index (χ4v) is 6.34. The molecule has 0 saturated heterocycles. The first-order valence-corrected chi connectivity index (χ1v) is 17.0. The van der Waals surface area contributed by atoms with Crippen LogP contribution in [-0.4, -0.2) is 16.6 Å². The SMILES string of the molecule is CCC(=O)Nc1ccc(OCc2c(O)c(C)c(C)c3c2CC[C@@](C)(CCC[C@H](C)CCC[C@H](C)CCCC(C)C)O3)cc1. The van der Waals surface area contributed by atoms with Gasteiger partial charge >= 0.3 is 0 Å². The maximum atomic E-state index is 11.7. The van der Waals surface area contributed by atoms with Crippen molar-refractivity contribution in [2.75, 3.05) is 5.32 Å². The molecule has 2 N–H and O–H groups in total. The molecule has 1 amide bonds. The smallest absolute Gasteiger partial charge is 0.224 e. The monoisotopic (exact) mass is 593 g/mol. The molecule has 1 aliphatic heterocycles. The summed E-state index contributed by atoms with van der Waals surface area (Å²) < 4.78 is 12.9. The number of carbonyl (C=O) groups excluding carboxylic acids is 1. The summed E-state index contributed by atoms with van der Waals surface area (Å²) in [5.41, 5.74) is 4.31. The van der Waals surface area contributed by atoms with E-state index in [-0.39, 0.29) is 18.1 Å². The van der Waals surface area contributed by atoms with Crippen LogP contribution in [0.4, 0.5) is 5.69 Å². The largest absolute Gasteiger partial charge is 0.507 e. The van der Waals surface area contributed by atoms with Crippen molar-refractivity contribution in [1.82, 2.24) is 0 Å². The quantitative estimate of drug-likeness (QED) is 0.191. The summed E-state index contributed by atoms with van der Waals surface area (Å²) in [6.45, 7) is 17.9. The molecule has 0 radical (unpaired) electrons. The number of anilines is 1. The average molecular weight is 594 g/mol. The Balaban J connectivity index is 1.53. The van der Waals surface area contributed by atoms with E-state index < -0.39 is 0 Å². The van der Waals surface area contributed by atoms with E-state index in [0.717, 1.165) is 70.7 Å². The summed E-state index contributed by atoms with van der Waals surface area (Å²) in [5, 5.41) is 14.0. The number of hydrogen-bond donors (Lipinski definition) is 2. The molecule has 5 heteroatoms. The van der Waals surface area contributed by atoms with E-state index in [9.17, 15) is 9.90 Å². The molecule has 1 aliphatic rings. The lowest BCUT2D eigenvalue weighted by molar-refractivity contribution is -0.115. The molecule has 0 saturated carbocycles. The summed E-state index contributed by atoms with van der Waals surface area (Å²) in [7, 11) is 0.